The predicted molar refractivity (Wildman–Crippen MR) is 66.9 cm³/mol. The minimum atomic E-state index is -0.472. The van der Waals surface area contributed by atoms with E-state index in [4.69, 9.17) is 4.74 Å². The second-order valence-corrected chi connectivity index (χ2v) is 5.74. The molecule has 1 saturated heterocycles. The van der Waals surface area contributed by atoms with Crippen LogP contribution in [-0.4, -0.2) is 40.4 Å². The van der Waals surface area contributed by atoms with E-state index in [0.29, 0.717) is 13.0 Å². The Morgan fingerprint density at radius 3 is 2.65 bits per heavy atom. The fraction of sp³-hybridized carbons (Fsp3) is 0.923. The molecule has 1 heterocycles. The molecule has 0 radical (unpaired) electrons. The third-order valence-corrected chi connectivity index (χ3v) is 2.99. The molecule has 0 spiro atoms. The highest BCUT2D eigenvalue weighted by molar-refractivity contribution is 5.69. The van der Waals surface area contributed by atoms with Crippen LogP contribution in [0.25, 0.3) is 0 Å². The molecule has 1 N–H and O–H groups in total. The van der Waals surface area contributed by atoms with Gasteiger partial charge in [0.2, 0.25) is 0 Å². The highest BCUT2D eigenvalue weighted by Gasteiger charge is 2.37. The maximum atomic E-state index is 12.0. The zero-order chi connectivity index (χ0) is 13.1. The first-order valence-electron chi connectivity index (χ1n) is 6.53. The Hall–Kier alpha value is -0.770. The minimum absolute atomic E-state index is 0.0650. The summed E-state index contributed by atoms with van der Waals surface area (Å²) >= 11 is 0. The highest BCUT2D eigenvalue weighted by atomic mass is 16.6. The zero-order valence-corrected chi connectivity index (χ0v) is 11.4. The van der Waals surface area contributed by atoms with Crippen LogP contribution in [-0.2, 0) is 4.74 Å². The van der Waals surface area contributed by atoms with E-state index in [9.17, 15) is 9.90 Å². The summed E-state index contributed by atoms with van der Waals surface area (Å²) in [4.78, 5) is 13.7. The molecule has 0 aromatic carbocycles. The van der Waals surface area contributed by atoms with E-state index in [1.54, 1.807) is 4.90 Å². The lowest BCUT2D eigenvalue weighted by Gasteiger charge is -2.29. The van der Waals surface area contributed by atoms with Crippen molar-refractivity contribution in [2.45, 2.75) is 71.1 Å². The molecule has 0 aromatic heterocycles. The van der Waals surface area contributed by atoms with Gasteiger partial charge in [-0.2, -0.15) is 0 Å². The summed E-state index contributed by atoms with van der Waals surface area (Å²) in [5.41, 5.74) is -0.472. The smallest absolute Gasteiger partial charge is 0.410 e. The number of carbonyl (C=O) groups is 1. The van der Waals surface area contributed by atoms with Gasteiger partial charge in [-0.05, 0) is 33.6 Å². The monoisotopic (exact) mass is 243 g/mol. The topological polar surface area (TPSA) is 49.8 Å². The summed E-state index contributed by atoms with van der Waals surface area (Å²) in [5.74, 6) is 0. The number of aliphatic hydroxyl groups is 1. The van der Waals surface area contributed by atoms with Crippen molar-refractivity contribution in [1.29, 1.82) is 0 Å². The van der Waals surface area contributed by atoms with Crippen LogP contribution >= 0.6 is 0 Å². The van der Waals surface area contributed by atoms with Gasteiger partial charge in [0.05, 0.1) is 12.1 Å². The summed E-state index contributed by atoms with van der Waals surface area (Å²) in [6.07, 6.45) is 2.93. The van der Waals surface area contributed by atoms with Crippen molar-refractivity contribution in [3.05, 3.63) is 0 Å². The quantitative estimate of drug-likeness (QED) is 0.828. The third kappa shape index (κ3) is 4.19. The Morgan fingerprint density at radius 2 is 2.12 bits per heavy atom. The van der Waals surface area contributed by atoms with Crippen molar-refractivity contribution in [3.8, 4) is 0 Å². The van der Waals surface area contributed by atoms with Crippen molar-refractivity contribution >= 4 is 6.09 Å². The van der Waals surface area contributed by atoms with E-state index in [0.717, 1.165) is 19.3 Å². The molecule has 17 heavy (non-hydrogen) atoms. The molecular formula is C13H25NO3. The summed E-state index contributed by atoms with van der Waals surface area (Å²) in [5, 5.41) is 9.88. The summed E-state index contributed by atoms with van der Waals surface area (Å²) < 4.78 is 5.36. The summed E-state index contributed by atoms with van der Waals surface area (Å²) in [6.45, 7) is 8.29. The van der Waals surface area contributed by atoms with Gasteiger partial charge in [0.15, 0.2) is 0 Å². The number of rotatable bonds is 3. The van der Waals surface area contributed by atoms with E-state index in [-0.39, 0.29) is 12.1 Å². The molecule has 0 saturated carbocycles. The normalized spacial score (nSPS) is 25.1. The molecule has 1 rings (SSSR count). The molecule has 0 aromatic rings. The molecule has 100 valence electrons. The van der Waals surface area contributed by atoms with Gasteiger partial charge in [0.25, 0.3) is 0 Å². The van der Waals surface area contributed by atoms with Gasteiger partial charge in [-0.15, -0.1) is 0 Å². The molecule has 4 heteroatoms. The SMILES string of the molecule is CCCC[C@H]1[C@H](O)CCN1C(=O)OC(C)(C)C. The van der Waals surface area contributed by atoms with E-state index in [1.807, 2.05) is 20.8 Å². The average molecular weight is 243 g/mol. The predicted octanol–water partition coefficient (Wildman–Crippen LogP) is 2.55. The lowest BCUT2D eigenvalue weighted by molar-refractivity contribution is 0.0142. The molecular weight excluding hydrogens is 218 g/mol. The maximum absolute atomic E-state index is 12.0. The number of amides is 1. The maximum Gasteiger partial charge on any atom is 0.410 e. The van der Waals surface area contributed by atoms with Crippen molar-refractivity contribution in [1.82, 2.24) is 4.90 Å². The van der Waals surface area contributed by atoms with E-state index >= 15 is 0 Å². The van der Waals surface area contributed by atoms with Crippen molar-refractivity contribution in [2.75, 3.05) is 6.54 Å². The fourth-order valence-corrected chi connectivity index (χ4v) is 2.15. The Labute approximate surface area is 104 Å². The number of hydrogen-bond donors (Lipinski definition) is 1. The van der Waals surface area contributed by atoms with Gasteiger partial charge in [-0.3, -0.25) is 0 Å². The third-order valence-electron chi connectivity index (χ3n) is 2.99. The van der Waals surface area contributed by atoms with Crippen molar-refractivity contribution in [3.63, 3.8) is 0 Å². The van der Waals surface area contributed by atoms with Crippen LogP contribution in [0.2, 0.25) is 0 Å². The lowest BCUT2D eigenvalue weighted by atomic mass is 10.1. The first-order valence-corrected chi connectivity index (χ1v) is 6.53. The van der Waals surface area contributed by atoms with Crippen LogP contribution in [0.5, 0.6) is 0 Å². The number of unbranched alkanes of at least 4 members (excludes halogenated alkanes) is 1. The Morgan fingerprint density at radius 1 is 1.47 bits per heavy atom. The van der Waals surface area contributed by atoms with Gasteiger partial charge in [-0.25, -0.2) is 4.79 Å². The van der Waals surface area contributed by atoms with Crippen LogP contribution in [0.15, 0.2) is 0 Å². The first kappa shape index (κ1) is 14.3. The second kappa shape index (κ2) is 5.71. The largest absolute Gasteiger partial charge is 0.444 e. The second-order valence-electron chi connectivity index (χ2n) is 5.74. The number of likely N-dealkylation sites (tertiary alicyclic amines) is 1. The van der Waals surface area contributed by atoms with Crippen LogP contribution in [0, 0.1) is 0 Å². The molecule has 1 aliphatic heterocycles. The summed E-state index contributed by atoms with van der Waals surface area (Å²) in [7, 11) is 0. The molecule has 0 aliphatic carbocycles. The molecule has 1 fully saturated rings. The van der Waals surface area contributed by atoms with Crippen molar-refractivity contribution < 1.29 is 14.6 Å². The van der Waals surface area contributed by atoms with Crippen molar-refractivity contribution in [2.24, 2.45) is 0 Å². The van der Waals surface area contributed by atoms with Crippen LogP contribution in [0.3, 0.4) is 0 Å². The van der Waals surface area contributed by atoms with E-state index in [2.05, 4.69) is 6.92 Å². The molecule has 0 unspecified atom stereocenters. The average Bonchev–Trinajstić information content (AvgIpc) is 2.54. The van der Waals surface area contributed by atoms with Gasteiger partial charge in [-0.1, -0.05) is 19.8 Å². The lowest BCUT2D eigenvalue weighted by Crippen LogP contribution is -2.42. The number of aliphatic hydroxyl groups excluding tert-OH is 1. The number of nitrogens with zero attached hydrogens (tertiary/aromatic N) is 1. The van der Waals surface area contributed by atoms with Crippen LogP contribution in [0.1, 0.15) is 53.4 Å². The van der Waals surface area contributed by atoms with Crippen LogP contribution < -0.4 is 0 Å². The first-order chi connectivity index (χ1) is 7.85. The van der Waals surface area contributed by atoms with Gasteiger partial charge < -0.3 is 14.7 Å². The highest BCUT2D eigenvalue weighted by Crippen LogP contribution is 2.24. The number of carbonyl (C=O) groups excluding carboxylic acids is 1. The zero-order valence-electron chi connectivity index (χ0n) is 11.4. The Kier molecular flexibility index (Phi) is 4.80. The Balaban J connectivity index is 2.59. The Bertz CT molecular complexity index is 260. The minimum Gasteiger partial charge on any atom is -0.444 e. The molecule has 4 nitrogen and oxygen atoms in total. The van der Waals surface area contributed by atoms with Crippen LogP contribution in [0.4, 0.5) is 4.79 Å². The van der Waals surface area contributed by atoms with Gasteiger partial charge >= 0.3 is 6.09 Å². The molecule has 2 atom stereocenters. The molecule has 1 aliphatic rings. The van der Waals surface area contributed by atoms with E-state index in [1.165, 1.54) is 0 Å². The number of ether oxygens (including phenoxy) is 1. The molecule has 0 bridgehead atoms. The van der Waals surface area contributed by atoms with Gasteiger partial charge in [0, 0.05) is 6.54 Å². The molecule has 1 amide bonds. The standard InChI is InChI=1S/C13H25NO3/c1-5-6-7-10-11(15)8-9-14(10)12(16)17-13(2,3)4/h10-11,15H,5-9H2,1-4H3/t10-,11+/m0/s1. The fourth-order valence-electron chi connectivity index (χ4n) is 2.15. The van der Waals surface area contributed by atoms with Gasteiger partial charge in [0.1, 0.15) is 5.60 Å². The van der Waals surface area contributed by atoms with E-state index < -0.39 is 11.7 Å². The summed E-state index contributed by atoms with van der Waals surface area (Å²) in [6, 6.07) is -0.0650. The number of hydrogen-bond acceptors (Lipinski definition) is 3.